The maximum atomic E-state index is 10.8. The maximum absolute atomic E-state index is 10.8. The van der Waals surface area contributed by atoms with E-state index in [1.807, 2.05) is 0 Å². The van der Waals surface area contributed by atoms with Gasteiger partial charge in [-0.15, -0.1) is 0 Å². The summed E-state index contributed by atoms with van der Waals surface area (Å²) in [5.41, 5.74) is 0. The lowest BCUT2D eigenvalue weighted by atomic mass is 10.3. The number of rotatable bonds is 3. The molecule has 0 amide bonds. The van der Waals surface area contributed by atoms with Crippen LogP contribution in [0.4, 0.5) is 0 Å². The maximum Gasteiger partial charge on any atom is 0.309 e. The van der Waals surface area contributed by atoms with Crippen molar-refractivity contribution in [1.29, 1.82) is 0 Å². The molecule has 0 aliphatic heterocycles. The van der Waals surface area contributed by atoms with Crippen LogP contribution in [0, 0.1) is 11.8 Å². The van der Waals surface area contributed by atoms with E-state index in [4.69, 9.17) is 4.74 Å². The molecule has 1 saturated carbocycles. The molecule has 0 saturated heterocycles. The fourth-order valence-corrected chi connectivity index (χ4v) is 0.885. The second-order valence-electron chi connectivity index (χ2n) is 2.39. The standard InChI is InChI=1S/C7H10O3/c1-2-10-7(9)6-3-5(6)4-8/h4-6H,2-3H2,1H3/t5-,6-/m0/s1. The molecule has 1 aliphatic carbocycles. The number of carbonyl (C=O) groups is 2. The summed E-state index contributed by atoms with van der Waals surface area (Å²) in [6.07, 6.45) is 1.50. The Bertz CT molecular complexity index is 153. The highest BCUT2D eigenvalue weighted by atomic mass is 16.5. The molecule has 1 rings (SSSR count). The molecule has 1 aliphatic rings. The Morgan fingerprint density at radius 3 is 2.90 bits per heavy atom. The molecular weight excluding hydrogens is 132 g/mol. The molecule has 0 aromatic carbocycles. The summed E-state index contributed by atoms with van der Waals surface area (Å²) in [4.78, 5) is 20.9. The minimum absolute atomic E-state index is 0.0564. The van der Waals surface area contributed by atoms with Crippen LogP contribution in [0.3, 0.4) is 0 Å². The van der Waals surface area contributed by atoms with Crippen molar-refractivity contribution in [3.63, 3.8) is 0 Å². The first-order chi connectivity index (χ1) is 4.79. The SMILES string of the molecule is CCOC(=O)[C@H]1C[C@H]1C=O. The van der Waals surface area contributed by atoms with Crippen LogP contribution in [0.1, 0.15) is 13.3 Å². The number of esters is 1. The Labute approximate surface area is 59.4 Å². The third-order valence-electron chi connectivity index (χ3n) is 1.60. The normalized spacial score (nSPS) is 29.3. The van der Waals surface area contributed by atoms with Crippen LogP contribution in [0.15, 0.2) is 0 Å². The van der Waals surface area contributed by atoms with Gasteiger partial charge >= 0.3 is 5.97 Å². The van der Waals surface area contributed by atoms with Gasteiger partial charge in [0.25, 0.3) is 0 Å². The van der Waals surface area contributed by atoms with Crippen LogP contribution in [0.2, 0.25) is 0 Å². The van der Waals surface area contributed by atoms with Crippen molar-refractivity contribution in [2.75, 3.05) is 6.61 Å². The number of carbonyl (C=O) groups excluding carboxylic acids is 2. The lowest BCUT2D eigenvalue weighted by Gasteiger charge is -1.96. The fraction of sp³-hybridized carbons (Fsp3) is 0.714. The Kier molecular flexibility index (Phi) is 2.04. The van der Waals surface area contributed by atoms with Crippen molar-refractivity contribution >= 4 is 12.3 Å². The average Bonchev–Trinajstić information content (AvgIpc) is 2.66. The second kappa shape index (κ2) is 2.82. The van der Waals surface area contributed by atoms with E-state index in [1.165, 1.54) is 0 Å². The molecule has 0 radical (unpaired) electrons. The van der Waals surface area contributed by atoms with E-state index in [0.29, 0.717) is 13.0 Å². The highest BCUT2D eigenvalue weighted by molar-refractivity contribution is 5.81. The monoisotopic (exact) mass is 142 g/mol. The Hall–Kier alpha value is -0.860. The van der Waals surface area contributed by atoms with Crippen LogP contribution in [0.25, 0.3) is 0 Å². The molecule has 0 heterocycles. The van der Waals surface area contributed by atoms with Gasteiger partial charge < -0.3 is 9.53 Å². The van der Waals surface area contributed by atoms with Gasteiger partial charge in [-0.2, -0.15) is 0 Å². The molecule has 0 aromatic heterocycles. The van der Waals surface area contributed by atoms with E-state index in [9.17, 15) is 9.59 Å². The minimum atomic E-state index is -0.223. The van der Waals surface area contributed by atoms with E-state index in [2.05, 4.69) is 0 Å². The summed E-state index contributed by atoms with van der Waals surface area (Å²) < 4.78 is 4.70. The highest BCUT2D eigenvalue weighted by Crippen LogP contribution is 2.37. The van der Waals surface area contributed by atoms with Gasteiger partial charge in [0.1, 0.15) is 6.29 Å². The van der Waals surface area contributed by atoms with Crippen molar-refractivity contribution in [2.24, 2.45) is 11.8 Å². The lowest BCUT2D eigenvalue weighted by molar-refractivity contribution is -0.145. The summed E-state index contributed by atoms with van der Waals surface area (Å²) in [6.45, 7) is 2.16. The van der Waals surface area contributed by atoms with E-state index < -0.39 is 0 Å². The van der Waals surface area contributed by atoms with Crippen LogP contribution < -0.4 is 0 Å². The third kappa shape index (κ3) is 1.35. The third-order valence-corrected chi connectivity index (χ3v) is 1.60. The van der Waals surface area contributed by atoms with Gasteiger partial charge in [-0.1, -0.05) is 0 Å². The van der Waals surface area contributed by atoms with Crippen LogP contribution in [-0.2, 0) is 14.3 Å². The highest BCUT2D eigenvalue weighted by Gasteiger charge is 2.43. The topological polar surface area (TPSA) is 43.4 Å². The fourth-order valence-electron chi connectivity index (χ4n) is 0.885. The predicted octanol–water partition coefficient (Wildman–Crippen LogP) is 0.385. The summed E-state index contributed by atoms with van der Waals surface area (Å²) >= 11 is 0. The Morgan fingerprint density at radius 2 is 2.50 bits per heavy atom. The van der Waals surface area contributed by atoms with Gasteiger partial charge in [0.2, 0.25) is 0 Å². The molecule has 10 heavy (non-hydrogen) atoms. The molecule has 3 nitrogen and oxygen atoms in total. The zero-order valence-corrected chi connectivity index (χ0v) is 5.87. The van der Waals surface area contributed by atoms with Crippen LogP contribution >= 0.6 is 0 Å². The van der Waals surface area contributed by atoms with Gasteiger partial charge in [0, 0.05) is 5.92 Å². The molecule has 0 unspecified atom stereocenters. The molecule has 1 fully saturated rings. The predicted molar refractivity (Wildman–Crippen MR) is 34.3 cm³/mol. The first-order valence-electron chi connectivity index (χ1n) is 3.41. The molecule has 0 aromatic rings. The first kappa shape index (κ1) is 7.25. The van der Waals surface area contributed by atoms with Gasteiger partial charge in [0.05, 0.1) is 12.5 Å². The smallest absolute Gasteiger partial charge is 0.309 e. The summed E-state index contributed by atoms with van der Waals surface area (Å²) in [6, 6.07) is 0. The van der Waals surface area contributed by atoms with E-state index in [0.717, 1.165) is 6.29 Å². The first-order valence-corrected chi connectivity index (χ1v) is 3.41. The molecule has 0 N–H and O–H groups in total. The summed E-state index contributed by atoms with van der Waals surface area (Å²) in [7, 11) is 0. The number of aldehydes is 1. The number of hydrogen-bond acceptors (Lipinski definition) is 3. The van der Waals surface area contributed by atoms with Gasteiger partial charge in [0.15, 0.2) is 0 Å². The van der Waals surface area contributed by atoms with E-state index in [1.54, 1.807) is 6.92 Å². The number of ether oxygens (including phenoxy) is 1. The van der Waals surface area contributed by atoms with Crippen molar-refractivity contribution in [1.82, 2.24) is 0 Å². The molecular formula is C7H10O3. The Balaban J connectivity index is 2.25. The summed E-state index contributed by atoms with van der Waals surface area (Å²) in [5.74, 6) is -0.406. The second-order valence-corrected chi connectivity index (χ2v) is 2.39. The van der Waals surface area contributed by atoms with Crippen LogP contribution in [0.5, 0.6) is 0 Å². The quantitative estimate of drug-likeness (QED) is 0.422. The minimum Gasteiger partial charge on any atom is -0.466 e. The molecule has 3 heteroatoms. The van der Waals surface area contributed by atoms with Crippen molar-refractivity contribution in [3.8, 4) is 0 Å². The van der Waals surface area contributed by atoms with Crippen molar-refractivity contribution in [3.05, 3.63) is 0 Å². The zero-order valence-electron chi connectivity index (χ0n) is 5.87. The molecule has 56 valence electrons. The van der Waals surface area contributed by atoms with Crippen molar-refractivity contribution in [2.45, 2.75) is 13.3 Å². The van der Waals surface area contributed by atoms with Crippen molar-refractivity contribution < 1.29 is 14.3 Å². The molecule has 0 spiro atoms. The largest absolute Gasteiger partial charge is 0.466 e. The van der Waals surface area contributed by atoms with Gasteiger partial charge in [-0.3, -0.25) is 4.79 Å². The summed E-state index contributed by atoms with van der Waals surface area (Å²) in [5, 5.41) is 0. The Morgan fingerprint density at radius 1 is 1.80 bits per heavy atom. The van der Waals surface area contributed by atoms with Gasteiger partial charge in [-0.25, -0.2) is 0 Å². The average molecular weight is 142 g/mol. The lowest BCUT2D eigenvalue weighted by Crippen LogP contribution is -2.07. The van der Waals surface area contributed by atoms with E-state index >= 15 is 0 Å². The molecule has 2 atom stereocenters. The van der Waals surface area contributed by atoms with Crippen LogP contribution in [-0.4, -0.2) is 18.9 Å². The van der Waals surface area contributed by atoms with E-state index in [-0.39, 0.29) is 17.8 Å². The zero-order chi connectivity index (χ0) is 7.56. The van der Waals surface area contributed by atoms with Gasteiger partial charge in [-0.05, 0) is 13.3 Å². The number of hydrogen-bond donors (Lipinski definition) is 0. The molecule has 0 bridgehead atoms.